The van der Waals surface area contributed by atoms with Crippen LogP contribution in [0.3, 0.4) is 0 Å². The van der Waals surface area contributed by atoms with E-state index in [0.717, 1.165) is 11.3 Å². The van der Waals surface area contributed by atoms with Crippen molar-refractivity contribution in [2.75, 3.05) is 5.73 Å². The number of esters is 1. The van der Waals surface area contributed by atoms with Crippen LogP contribution < -0.4 is 5.73 Å². The summed E-state index contributed by atoms with van der Waals surface area (Å²) in [6.45, 7) is 12.0. The van der Waals surface area contributed by atoms with Gasteiger partial charge in [0.1, 0.15) is 10.5 Å². The Morgan fingerprint density at radius 2 is 1.89 bits per heavy atom. The fourth-order valence-corrected chi connectivity index (χ4v) is 2.53. The van der Waals surface area contributed by atoms with Crippen molar-refractivity contribution < 1.29 is 9.53 Å². The van der Waals surface area contributed by atoms with E-state index in [4.69, 9.17) is 10.5 Å². The van der Waals surface area contributed by atoms with Crippen molar-refractivity contribution in [1.29, 1.82) is 0 Å². The minimum Gasteiger partial charge on any atom is -0.456 e. The number of carbonyl (C=O) groups excluding carboxylic acids is 1. The SMILES string of the molecule is CCC(C)(C)c1cc(N)c(C(=O)OC(C)(C)C)s1. The molecule has 4 heteroatoms. The molecule has 0 saturated carbocycles. The molecule has 0 saturated heterocycles. The van der Waals surface area contributed by atoms with Crippen LogP contribution in [0.25, 0.3) is 0 Å². The van der Waals surface area contributed by atoms with Gasteiger partial charge >= 0.3 is 5.97 Å². The predicted molar refractivity (Wildman–Crippen MR) is 77.2 cm³/mol. The van der Waals surface area contributed by atoms with E-state index < -0.39 is 5.60 Å². The number of hydrogen-bond acceptors (Lipinski definition) is 4. The highest BCUT2D eigenvalue weighted by Gasteiger charge is 2.26. The Hall–Kier alpha value is -1.03. The van der Waals surface area contributed by atoms with E-state index in [1.807, 2.05) is 26.8 Å². The molecule has 1 heterocycles. The molecule has 0 radical (unpaired) electrons. The van der Waals surface area contributed by atoms with Crippen LogP contribution in [0.5, 0.6) is 0 Å². The van der Waals surface area contributed by atoms with Crippen LogP contribution in [0.15, 0.2) is 6.07 Å². The van der Waals surface area contributed by atoms with Gasteiger partial charge in [-0.1, -0.05) is 20.8 Å². The Kier molecular flexibility index (Phi) is 4.11. The molecule has 0 unspecified atom stereocenters. The fraction of sp³-hybridized carbons (Fsp3) is 0.643. The third kappa shape index (κ3) is 3.48. The Labute approximate surface area is 113 Å². The van der Waals surface area contributed by atoms with Crippen LogP contribution in [0.2, 0.25) is 0 Å². The van der Waals surface area contributed by atoms with Gasteiger partial charge < -0.3 is 10.5 Å². The number of nitrogens with two attached hydrogens (primary N) is 1. The number of ether oxygens (including phenoxy) is 1. The molecule has 0 amide bonds. The number of nitrogen functional groups attached to an aromatic ring is 1. The predicted octanol–water partition coefficient (Wildman–Crippen LogP) is 3.97. The monoisotopic (exact) mass is 269 g/mol. The Bertz CT molecular complexity index is 441. The molecule has 2 N–H and O–H groups in total. The highest BCUT2D eigenvalue weighted by molar-refractivity contribution is 7.14. The molecule has 0 aliphatic carbocycles. The highest BCUT2D eigenvalue weighted by Crippen LogP contribution is 2.36. The van der Waals surface area contributed by atoms with E-state index in [1.54, 1.807) is 0 Å². The molecule has 1 rings (SSSR count). The van der Waals surface area contributed by atoms with Gasteiger partial charge in [0.15, 0.2) is 0 Å². The lowest BCUT2D eigenvalue weighted by molar-refractivity contribution is 0.00764. The van der Waals surface area contributed by atoms with E-state index in [-0.39, 0.29) is 11.4 Å². The zero-order chi connectivity index (χ0) is 14.1. The van der Waals surface area contributed by atoms with Gasteiger partial charge in [0, 0.05) is 4.88 Å². The molecule has 3 nitrogen and oxygen atoms in total. The number of thiophene rings is 1. The number of anilines is 1. The Balaban J connectivity index is 3.02. The summed E-state index contributed by atoms with van der Waals surface area (Å²) in [6, 6.07) is 1.90. The molecule has 102 valence electrons. The minimum absolute atomic E-state index is 0.0407. The molecular formula is C14H23NO2S. The van der Waals surface area contributed by atoms with Crippen molar-refractivity contribution in [2.45, 2.75) is 59.0 Å². The van der Waals surface area contributed by atoms with Gasteiger partial charge in [-0.2, -0.15) is 0 Å². The summed E-state index contributed by atoms with van der Waals surface area (Å²) in [4.78, 5) is 13.7. The quantitative estimate of drug-likeness (QED) is 0.845. The van der Waals surface area contributed by atoms with Gasteiger partial charge in [-0.15, -0.1) is 11.3 Å². The van der Waals surface area contributed by atoms with E-state index in [1.165, 1.54) is 11.3 Å². The first kappa shape index (κ1) is 15.0. The number of carbonyl (C=O) groups is 1. The smallest absolute Gasteiger partial charge is 0.350 e. The van der Waals surface area contributed by atoms with Gasteiger partial charge in [-0.3, -0.25) is 0 Å². The zero-order valence-corrected chi connectivity index (χ0v) is 12.9. The summed E-state index contributed by atoms with van der Waals surface area (Å²) >= 11 is 1.44. The molecule has 0 aromatic carbocycles. The van der Waals surface area contributed by atoms with Crippen molar-refractivity contribution in [3.63, 3.8) is 0 Å². The average molecular weight is 269 g/mol. The molecule has 18 heavy (non-hydrogen) atoms. The second kappa shape index (κ2) is 4.92. The number of hydrogen-bond donors (Lipinski definition) is 1. The summed E-state index contributed by atoms with van der Waals surface area (Å²) < 4.78 is 5.36. The molecule has 1 aromatic rings. The van der Waals surface area contributed by atoms with Gasteiger partial charge in [-0.25, -0.2) is 4.79 Å². The summed E-state index contributed by atoms with van der Waals surface area (Å²) in [7, 11) is 0. The third-order valence-corrected chi connectivity index (χ3v) is 4.39. The maximum absolute atomic E-state index is 12.0. The topological polar surface area (TPSA) is 52.3 Å². The maximum Gasteiger partial charge on any atom is 0.350 e. The lowest BCUT2D eigenvalue weighted by atomic mass is 9.88. The minimum atomic E-state index is -0.492. The van der Waals surface area contributed by atoms with E-state index in [2.05, 4.69) is 20.8 Å². The summed E-state index contributed by atoms with van der Waals surface area (Å²) in [6.07, 6.45) is 1.00. The van der Waals surface area contributed by atoms with Gasteiger partial charge in [0.2, 0.25) is 0 Å². The largest absolute Gasteiger partial charge is 0.456 e. The molecule has 1 aromatic heterocycles. The first-order chi connectivity index (χ1) is 8.07. The molecule has 0 aliphatic heterocycles. The molecule has 0 fully saturated rings. The van der Waals surface area contributed by atoms with Crippen LogP contribution in [-0.4, -0.2) is 11.6 Å². The lowest BCUT2D eigenvalue weighted by Gasteiger charge is -2.20. The van der Waals surface area contributed by atoms with Crippen molar-refractivity contribution in [1.82, 2.24) is 0 Å². The van der Waals surface area contributed by atoms with Crippen molar-refractivity contribution in [2.24, 2.45) is 0 Å². The number of rotatable bonds is 3. The maximum atomic E-state index is 12.0. The van der Waals surface area contributed by atoms with E-state index >= 15 is 0 Å². The van der Waals surface area contributed by atoms with Crippen molar-refractivity contribution in [3.05, 3.63) is 15.8 Å². The molecule has 0 aliphatic rings. The zero-order valence-electron chi connectivity index (χ0n) is 12.1. The van der Waals surface area contributed by atoms with Gasteiger partial charge in [0.25, 0.3) is 0 Å². The Morgan fingerprint density at radius 3 is 2.33 bits per heavy atom. The van der Waals surface area contributed by atoms with Crippen molar-refractivity contribution in [3.8, 4) is 0 Å². The van der Waals surface area contributed by atoms with Crippen LogP contribution in [0, 0.1) is 0 Å². The van der Waals surface area contributed by atoms with E-state index in [9.17, 15) is 4.79 Å². The standard InChI is InChI=1S/C14H23NO2S/c1-7-14(5,6)10-8-9(15)11(18-10)12(16)17-13(2,3)4/h8H,7,15H2,1-6H3. The van der Waals surface area contributed by atoms with Crippen LogP contribution >= 0.6 is 11.3 Å². The second-order valence-electron chi connectivity index (χ2n) is 6.13. The summed E-state index contributed by atoms with van der Waals surface area (Å²) in [5.41, 5.74) is 5.99. The van der Waals surface area contributed by atoms with Crippen molar-refractivity contribution >= 4 is 23.0 Å². The van der Waals surface area contributed by atoms with E-state index in [0.29, 0.717) is 10.6 Å². The average Bonchev–Trinajstić information content (AvgIpc) is 2.58. The Morgan fingerprint density at radius 1 is 1.33 bits per heavy atom. The van der Waals surface area contributed by atoms with Gasteiger partial charge in [-0.05, 0) is 38.7 Å². The first-order valence-corrected chi connectivity index (χ1v) is 7.01. The first-order valence-electron chi connectivity index (χ1n) is 6.20. The van der Waals surface area contributed by atoms with Crippen LogP contribution in [-0.2, 0) is 10.2 Å². The van der Waals surface area contributed by atoms with Gasteiger partial charge in [0.05, 0.1) is 5.69 Å². The summed E-state index contributed by atoms with van der Waals surface area (Å²) in [5, 5.41) is 0. The fourth-order valence-electron chi connectivity index (χ4n) is 1.40. The van der Waals surface area contributed by atoms with Crippen LogP contribution in [0.4, 0.5) is 5.69 Å². The van der Waals surface area contributed by atoms with Crippen LogP contribution in [0.1, 0.15) is 62.5 Å². The summed E-state index contributed by atoms with van der Waals surface area (Å²) in [5.74, 6) is -0.330. The molecular weight excluding hydrogens is 246 g/mol. The normalized spacial score (nSPS) is 12.6. The molecule has 0 bridgehead atoms. The second-order valence-corrected chi connectivity index (χ2v) is 7.19. The lowest BCUT2D eigenvalue weighted by Crippen LogP contribution is -2.23. The third-order valence-electron chi connectivity index (χ3n) is 2.90. The highest BCUT2D eigenvalue weighted by atomic mass is 32.1. The molecule has 0 spiro atoms. The molecule has 0 atom stereocenters.